The maximum Gasteiger partial charge on any atom is 0.230 e. The number of nitrogens with one attached hydrogen (secondary N) is 1. The third-order valence-corrected chi connectivity index (χ3v) is 5.93. The lowest BCUT2D eigenvalue weighted by Gasteiger charge is -2.26. The molecule has 1 unspecified atom stereocenters. The van der Waals surface area contributed by atoms with Crippen LogP contribution in [0, 0.1) is 0 Å². The molecule has 0 aromatic rings. The van der Waals surface area contributed by atoms with Crippen molar-refractivity contribution in [3.05, 3.63) is 0 Å². The average Bonchev–Trinajstić information content (AvgIpc) is 2.49. The van der Waals surface area contributed by atoms with Crippen LogP contribution in [0.25, 0.3) is 0 Å². The van der Waals surface area contributed by atoms with E-state index in [1.54, 1.807) is 0 Å². The minimum atomic E-state index is -2.83. The third-order valence-electron chi connectivity index (χ3n) is 2.64. The maximum atomic E-state index is 11.4. The van der Waals surface area contributed by atoms with E-state index in [1.807, 2.05) is 0 Å². The van der Waals surface area contributed by atoms with Gasteiger partial charge in [-0.15, -0.1) is 11.8 Å². The van der Waals surface area contributed by atoms with Crippen molar-refractivity contribution in [2.45, 2.75) is 17.7 Å². The number of hydrogen-bond donors (Lipinski definition) is 1. The van der Waals surface area contributed by atoms with Crippen molar-refractivity contribution < 1.29 is 17.9 Å². The van der Waals surface area contributed by atoms with Crippen LogP contribution in [0.2, 0.25) is 0 Å². The Morgan fingerprint density at radius 2 is 2.19 bits per heavy atom. The number of hydrogen-bond acceptors (Lipinski definition) is 5. The summed E-state index contributed by atoms with van der Waals surface area (Å²) in [4.78, 5) is 11.4. The molecule has 2 aliphatic heterocycles. The molecule has 92 valence electrons. The summed E-state index contributed by atoms with van der Waals surface area (Å²) in [5.74, 6) is 0.805. The van der Waals surface area contributed by atoms with Crippen LogP contribution in [-0.2, 0) is 19.4 Å². The van der Waals surface area contributed by atoms with E-state index in [-0.39, 0.29) is 28.7 Å². The summed E-state index contributed by atoms with van der Waals surface area (Å²) in [6.07, 6.45) is 0.673. The van der Waals surface area contributed by atoms with Gasteiger partial charge in [0.2, 0.25) is 5.91 Å². The van der Waals surface area contributed by atoms with Crippen LogP contribution in [0.3, 0.4) is 0 Å². The smallest absolute Gasteiger partial charge is 0.230 e. The third kappa shape index (κ3) is 3.36. The van der Waals surface area contributed by atoms with Gasteiger partial charge in [-0.3, -0.25) is 4.79 Å². The second-order valence-corrected chi connectivity index (χ2v) is 7.66. The lowest BCUT2D eigenvalue weighted by atomic mass is 10.2. The summed E-state index contributed by atoms with van der Waals surface area (Å²) < 4.78 is 27.3. The Balaban J connectivity index is 1.65. The van der Waals surface area contributed by atoms with Gasteiger partial charge in [0.1, 0.15) is 0 Å². The predicted molar refractivity (Wildman–Crippen MR) is 62.3 cm³/mol. The van der Waals surface area contributed by atoms with Crippen molar-refractivity contribution in [3.8, 4) is 0 Å². The predicted octanol–water partition coefficient (Wildman–Crippen LogP) is -0.578. The first-order chi connectivity index (χ1) is 7.55. The van der Waals surface area contributed by atoms with E-state index in [0.29, 0.717) is 25.4 Å². The second kappa shape index (κ2) is 4.93. The number of amides is 1. The van der Waals surface area contributed by atoms with Crippen LogP contribution >= 0.6 is 11.8 Å². The summed E-state index contributed by atoms with van der Waals surface area (Å²) in [5.41, 5.74) is 0. The Labute approximate surface area is 99.2 Å². The van der Waals surface area contributed by atoms with Gasteiger partial charge in [-0.1, -0.05) is 0 Å². The molecular formula is C9H15NO4S2. The molecule has 0 aromatic carbocycles. The van der Waals surface area contributed by atoms with Gasteiger partial charge in [-0.2, -0.15) is 0 Å². The summed E-state index contributed by atoms with van der Waals surface area (Å²) in [7, 11) is -2.83. The van der Waals surface area contributed by atoms with Gasteiger partial charge in [0.25, 0.3) is 0 Å². The van der Waals surface area contributed by atoms with Crippen molar-refractivity contribution in [3.63, 3.8) is 0 Å². The SMILES string of the molecule is O=C(CSC1CCS(=O)(=O)C1)NC1COC1. The van der Waals surface area contributed by atoms with Crippen LogP contribution < -0.4 is 5.32 Å². The molecule has 1 atom stereocenters. The molecule has 5 nitrogen and oxygen atoms in total. The lowest BCUT2D eigenvalue weighted by Crippen LogP contribution is -2.49. The van der Waals surface area contributed by atoms with Crippen LogP contribution in [-0.4, -0.2) is 56.1 Å². The quantitative estimate of drug-likeness (QED) is 0.736. The van der Waals surface area contributed by atoms with Gasteiger partial charge >= 0.3 is 0 Å². The zero-order valence-electron chi connectivity index (χ0n) is 8.85. The molecule has 2 fully saturated rings. The number of thioether (sulfide) groups is 1. The molecule has 0 saturated carbocycles. The van der Waals surface area contributed by atoms with Gasteiger partial charge in [0, 0.05) is 5.25 Å². The number of rotatable bonds is 4. The first-order valence-electron chi connectivity index (χ1n) is 5.24. The molecule has 16 heavy (non-hydrogen) atoms. The summed E-state index contributed by atoms with van der Waals surface area (Å²) in [6, 6.07) is 0.153. The molecule has 2 saturated heterocycles. The van der Waals surface area contributed by atoms with Gasteiger partial charge in [-0.05, 0) is 6.42 Å². The normalized spacial score (nSPS) is 28.6. The molecule has 2 rings (SSSR count). The van der Waals surface area contributed by atoms with E-state index in [1.165, 1.54) is 11.8 Å². The molecular weight excluding hydrogens is 250 g/mol. The minimum Gasteiger partial charge on any atom is -0.377 e. The fraction of sp³-hybridized carbons (Fsp3) is 0.889. The van der Waals surface area contributed by atoms with E-state index in [0.717, 1.165) is 0 Å². The van der Waals surface area contributed by atoms with Crippen molar-refractivity contribution in [1.29, 1.82) is 0 Å². The molecule has 1 amide bonds. The minimum absolute atomic E-state index is 0.0254. The molecule has 0 aliphatic carbocycles. The highest BCUT2D eigenvalue weighted by Crippen LogP contribution is 2.23. The Kier molecular flexibility index (Phi) is 3.76. The number of ether oxygens (including phenoxy) is 1. The zero-order valence-corrected chi connectivity index (χ0v) is 10.5. The first kappa shape index (κ1) is 12.2. The van der Waals surface area contributed by atoms with Gasteiger partial charge < -0.3 is 10.1 Å². The monoisotopic (exact) mass is 265 g/mol. The molecule has 7 heteroatoms. The summed E-state index contributed by atoms with van der Waals surface area (Å²) in [6.45, 7) is 1.18. The average molecular weight is 265 g/mol. The van der Waals surface area contributed by atoms with Crippen molar-refractivity contribution in [2.75, 3.05) is 30.5 Å². The van der Waals surface area contributed by atoms with Crippen molar-refractivity contribution in [1.82, 2.24) is 5.32 Å². The molecule has 0 bridgehead atoms. The molecule has 0 aromatic heterocycles. The Bertz CT molecular complexity index is 364. The van der Waals surface area contributed by atoms with Crippen molar-refractivity contribution in [2.24, 2.45) is 0 Å². The Hall–Kier alpha value is -0.270. The molecule has 0 radical (unpaired) electrons. The van der Waals surface area contributed by atoms with Gasteiger partial charge in [-0.25, -0.2) is 8.42 Å². The Morgan fingerprint density at radius 1 is 1.44 bits per heavy atom. The standard InChI is InChI=1S/C9H15NO4S2/c11-9(10-7-3-14-4-7)5-15-8-1-2-16(12,13)6-8/h7-8H,1-6H2,(H,10,11). The highest BCUT2D eigenvalue weighted by atomic mass is 32.2. The second-order valence-electron chi connectivity index (χ2n) is 4.14. The topological polar surface area (TPSA) is 72.5 Å². The first-order valence-corrected chi connectivity index (χ1v) is 8.11. The molecule has 2 aliphatic rings. The van der Waals surface area contributed by atoms with Crippen molar-refractivity contribution >= 4 is 27.5 Å². The summed E-state index contributed by atoms with van der Waals surface area (Å²) in [5, 5.41) is 2.92. The highest BCUT2D eigenvalue weighted by molar-refractivity contribution is 8.02. The van der Waals surface area contributed by atoms with Gasteiger partial charge in [0.05, 0.1) is 36.5 Å². The molecule has 1 N–H and O–H groups in total. The van der Waals surface area contributed by atoms with E-state index in [4.69, 9.17) is 4.74 Å². The Morgan fingerprint density at radius 3 is 2.69 bits per heavy atom. The molecule has 2 heterocycles. The van der Waals surface area contributed by atoms with Crippen LogP contribution in [0.4, 0.5) is 0 Å². The lowest BCUT2D eigenvalue weighted by molar-refractivity contribution is -0.122. The van der Waals surface area contributed by atoms with Gasteiger partial charge in [0.15, 0.2) is 9.84 Å². The van der Waals surface area contributed by atoms with E-state index >= 15 is 0 Å². The van der Waals surface area contributed by atoms with Crippen LogP contribution in [0.15, 0.2) is 0 Å². The van der Waals surface area contributed by atoms with E-state index in [9.17, 15) is 13.2 Å². The number of sulfone groups is 1. The van der Waals surface area contributed by atoms with E-state index < -0.39 is 9.84 Å². The number of carbonyl (C=O) groups is 1. The summed E-state index contributed by atoms with van der Waals surface area (Å²) >= 11 is 1.44. The largest absolute Gasteiger partial charge is 0.377 e. The molecule has 0 spiro atoms. The fourth-order valence-corrected chi connectivity index (χ4v) is 5.13. The fourth-order valence-electron chi connectivity index (χ4n) is 1.67. The maximum absolute atomic E-state index is 11.4. The van der Waals surface area contributed by atoms with E-state index in [2.05, 4.69) is 5.32 Å². The van der Waals surface area contributed by atoms with Crippen LogP contribution in [0.5, 0.6) is 0 Å². The zero-order chi connectivity index (χ0) is 11.6. The van der Waals surface area contributed by atoms with Crippen LogP contribution in [0.1, 0.15) is 6.42 Å². The highest BCUT2D eigenvalue weighted by Gasteiger charge is 2.29. The number of carbonyl (C=O) groups excluding carboxylic acids is 1.